The molecule has 0 bridgehead atoms. The van der Waals surface area contributed by atoms with Crippen LogP contribution in [0.15, 0.2) is 40.2 Å². The van der Waals surface area contributed by atoms with Gasteiger partial charge in [0.05, 0.1) is 9.47 Å². The van der Waals surface area contributed by atoms with E-state index in [1.54, 1.807) is 18.2 Å². The summed E-state index contributed by atoms with van der Waals surface area (Å²) in [6, 6.07) is 8.39. The van der Waals surface area contributed by atoms with E-state index in [0.717, 1.165) is 14.2 Å². The monoisotopic (exact) mass is 339 g/mol. The van der Waals surface area contributed by atoms with Crippen molar-refractivity contribution in [3.8, 4) is 0 Å². The summed E-state index contributed by atoms with van der Waals surface area (Å²) in [5, 5.41) is 2.52. The van der Waals surface area contributed by atoms with E-state index < -0.39 is 5.82 Å². The molecule has 5 heteroatoms. The minimum absolute atomic E-state index is 0.196. The van der Waals surface area contributed by atoms with E-state index in [4.69, 9.17) is 0 Å². The van der Waals surface area contributed by atoms with Crippen LogP contribution in [0.2, 0.25) is 0 Å². The van der Waals surface area contributed by atoms with Gasteiger partial charge in [-0.2, -0.15) is 0 Å². The lowest BCUT2D eigenvalue weighted by Gasteiger charge is -2.04. The fourth-order valence-corrected chi connectivity index (χ4v) is 2.81. The third-order valence-electron chi connectivity index (χ3n) is 2.37. The molecule has 0 aliphatic heterocycles. The molecule has 1 aromatic carbocycles. The summed E-state index contributed by atoms with van der Waals surface area (Å²) in [4.78, 5) is 12.6. The molecular formula is C14H11BrFNOS. The second kappa shape index (κ2) is 6.12. The summed E-state index contributed by atoms with van der Waals surface area (Å²) >= 11 is 4.86. The molecule has 0 fully saturated rings. The topological polar surface area (TPSA) is 29.1 Å². The van der Waals surface area contributed by atoms with E-state index in [2.05, 4.69) is 21.2 Å². The van der Waals surface area contributed by atoms with Crippen molar-refractivity contribution in [2.24, 2.45) is 0 Å². The molecule has 2 nitrogen and oxygen atoms in total. The molecule has 98 valence electrons. The molecule has 19 heavy (non-hydrogen) atoms. The van der Waals surface area contributed by atoms with Crippen LogP contribution in [0.3, 0.4) is 0 Å². The fourth-order valence-electron chi connectivity index (χ4n) is 1.48. The molecule has 2 rings (SSSR count). The summed E-state index contributed by atoms with van der Waals surface area (Å²) in [5.41, 5.74) is 1.09. The van der Waals surface area contributed by atoms with Crippen LogP contribution in [-0.4, -0.2) is 5.91 Å². The summed E-state index contributed by atoms with van der Waals surface area (Å²) in [6.07, 6.45) is 3.08. The quantitative estimate of drug-likeness (QED) is 0.813. The lowest BCUT2D eigenvalue weighted by molar-refractivity contribution is -0.111. The number of rotatable bonds is 3. The number of hydrogen-bond acceptors (Lipinski definition) is 2. The first-order chi connectivity index (χ1) is 9.04. The van der Waals surface area contributed by atoms with E-state index in [9.17, 15) is 9.18 Å². The molecule has 0 aliphatic carbocycles. The zero-order valence-electron chi connectivity index (χ0n) is 10.1. The first-order valence-corrected chi connectivity index (χ1v) is 7.16. The standard InChI is InChI=1S/C14H11BrFNOS/c1-9-2-5-11(16)12(8-9)17-14(18)7-4-10-3-6-13(15)19-10/h2-8H,1H3,(H,17,18)/b7-4+. The average molecular weight is 340 g/mol. The van der Waals surface area contributed by atoms with Crippen LogP contribution in [0.5, 0.6) is 0 Å². The van der Waals surface area contributed by atoms with Crippen molar-refractivity contribution in [2.45, 2.75) is 6.92 Å². The van der Waals surface area contributed by atoms with Crippen LogP contribution in [0.4, 0.5) is 10.1 Å². The Morgan fingerprint density at radius 1 is 1.37 bits per heavy atom. The van der Waals surface area contributed by atoms with Gasteiger partial charge in [0.15, 0.2) is 0 Å². The van der Waals surface area contributed by atoms with E-state index in [1.165, 1.54) is 23.5 Å². The number of hydrogen-bond donors (Lipinski definition) is 1. The van der Waals surface area contributed by atoms with Gasteiger partial charge in [0.2, 0.25) is 5.91 Å². The third-order valence-corrected chi connectivity index (χ3v) is 3.96. The van der Waals surface area contributed by atoms with Gasteiger partial charge >= 0.3 is 0 Å². The molecule has 0 radical (unpaired) electrons. The highest BCUT2D eigenvalue weighted by molar-refractivity contribution is 9.11. The van der Waals surface area contributed by atoms with Crippen molar-refractivity contribution in [1.82, 2.24) is 0 Å². The lowest BCUT2D eigenvalue weighted by Crippen LogP contribution is -2.09. The molecule has 0 saturated carbocycles. The Morgan fingerprint density at radius 3 is 2.84 bits per heavy atom. The van der Waals surface area contributed by atoms with Crippen molar-refractivity contribution in [3.63, 3.8) is 0 Å². The zero-order chi connectivity index (χ0) is 13.8. The molecular weight excluding hydrogens is 329 g/mol. The first kappa shape index (κ1) is 14.0. The number of carbonyl (C=O) groups excluding carboxylic acids is 1. The Hall–Kier alpha value is -1.46. The molecule has 1 amide bonds. The maximum absolute atomic E-state index is 13.5. The highest BCUT2D eigenvalue weighted by Crippen LogP contribution is 2.23. The second-order valence-corrected chi connectivity index (χ2v) is 6.44. The molecule has 1 heterocycles. The van der Waals surface area contributed by atoms with Crippen LogP contribution < -0.4 is 5.32 Å². The first-order valence-electron chi connectivity index (χ1n) is 5.55. The van der Waals surface area contributed by atoms with Crippen LogP contribution in [-0.2, 0) is 4.79 Å². The molecule has 0 aliphatic rings. The summed E-state index contributed by atoms with van der Waals surface area (Å²) in [7, 11) is 0. The highest BCUT2D eigenvalue weighted by atomic mass is 79.9. The van der Waals surface area contributed by atoms with Crippen LogP contribution >= 0.6 is 27.3 Å². The zero-order valence-corrected chi connectivity index (χ0v) is 12.5. The molecule has 2 aromatic rings. The Kier molecular flexibility index (Phi) is 4.50. The van der Waals surface area contributed by atoms with E-state index >= 15 is 0 Å². The van der Waals surface area contributed by atoms with E-state index in [-0.39, 0.29) is 11.6 Å². The molecule has 0 spiro atoms. The van der Waals surface area contributed by atoms with Crippen LogP contribution in [0.1, 0.15) is 10.4 Å². The number of aryl methyl sites for hydroxylation is 1. The van der Waals surface area contributed by atoms with Gasteiger partial charge in [-0.25, -0.2) is 4.39 Å². The van der Waals surface area contributed by atoms with Crippen molar-refractivity contribution in [1.29, 1.82) is 0 Å². The van der Waals surface area contributed by atoms with Gasteiger partial charge in [-0.15, -0.1) is 11.3 Å². The molecule has 1 aromatic heterocycles. The van der Waals surface area contributed by atoms with Crippen LogP contribution in [0.25, 0.3) is 6.08 Å². The van der Waals surface area contributed by atoms with Gasteiger partial charge in [-0.3, -0.25) is 4.79 Å². The normalized spacial score (nSPS) is 10.9. The second-order valence-electron chi connectivity index (χ2n) is 3.95. The summed E-state index contributed by atoms with van der Waals surface area (Å²) in [5.74, 6) is -0.791. The predicted octanol–water partition coefficient (Wildman–Crippen LogP) is 4.61. The molecule has 0 atom stereocenters. The smallest absolute Gasteiger partial charge is 0.248 e. The number of thiophene rings is 1. The average Bonchev–Trinajstić information content (AvgIpc) is 2.77. The molecule has 1 N–H and O–H groups in total. The van der Waals surface area contributed by atoms with Crippen molar-refractivity contribution in [3.05, 3.63) is 56.5 Å². The van der Waals surface area contributed by atoms with Gasteiger partial charge in [-0.1, -0.05) is 6.07 Å². The maximum atomic E-state index is 13.5. The largest absolute Gasteiger partial charge is 0.320 e. The minimum atomic E-state index is -0.439. The van der Waals surface area contributed by atoms with E-state index in [0.29, 0.717) is 0 Å². The predicted molar refractivity (Wildman–Crippen MR) is 80.8 cm³/mol. The molecule has 0 saturated heterocycles. The summed E-state index contributed by atoms with van der Waals surface area (Å²) < 4.78 is 14.5. The van der Waals surface area contributed by atoms with Gasteiger partial charge in [0.1, 0.15) is 5.82 Å². The van der Waals surface area contributed by atoms with Gasteiger partial charge < -0.3 is 5.32 Å². The van der Waals surface area contributed by atoms with Crippen molar-refractivity contribution >= 4 is 44.9 Å². The SMILES string of the molecule is Cc1ccc(F)c(NC(=O)/C=C/c2ccc(Br)s2)c1. The van der Waals surface area contributed by atoms with Crippen LogP contribution in [0, 0.1) is 12.7 Å². The Balaban J connectivity index is 2.05. The number of anilines is 1. The number of benzene rings is 1. The molecule has 0 unspecified atom stereocenters. The minimum Gasteiger partial charge on any atom is -0.320 e. The van der Waals surface area contributed by atoms with Gasteiger partial charge in [0, 0.05) is 11.0 Å². The van der Waals surface area contributed by atoms with Gasteiger partial charge in [0.25, 0.3) is 0 Å². The van der Waals surface area contributed by atoms with Crippen molar-refractivity contribution in [2.75, 3.05) is 5.32 Å². The lowest BCUT2D eigenvalue weighted by atomic mass is 10.2. The number of halogens is 2. The number of carbonyl (C=O) groups is 1. The van der Waals surface area contributed by atoms with Gasteiger partial charge in [-0.05, 0) is 58.8 Å². The highest BCUT2D eigenvalue weighted by Gasteiger charge is 2.04. The summed E-state index contributed by atoms with van der Waals surface area (Å²) in [6.45, 7) is 1.84. The number of nitrogens with one attached hydrogen (secondary N) is 1. The van der Waals surface area contributed by atoms with E-state index in [1.807, 2.05) is 19.1 Å². The number of amides is 1. The maximum Gasteiger partial charge on any atom is 0.248 e. The Bertz CT molecular complexity index is 636. The third kappa shape index (κ3) is 4.01. The Labute approximate surface area is 123 Å². The van der Waals surface area contributed by atoms with Crippen molar-refractivity contribution < 1.29 is 9.18 Å². The Morgan fingerprint density at radius 2 is 2.16 bits per heavy atom. The fraction of sp³-hybridized carbons (Fsp3) is 0.0714.